The van der Waals surface area contributed by atoms with Gasteiger partial charge in [-0.25, -0.2) is 19.6 Å². The Morgan fingerprint density at radius 1 is 0.932 bits per heavy atom. The summed E-state index contributed by atoms with van der Waals surface area (Å²) >= 11 is 0. The van der Waals surface area contributed by atoms with Gasteiger partial charge in [-0.05, 0) is 55.3 Å². The first-order chi connectivity index (χ1) is 20.9. The van der Waals surface area contributed by atoms with Crippen LogP contribution in [0.15, 0.2) is 48.7 Å². The second-order valence-corrected chi connectivity index (χ2v) is 9.78. The molecule has 228 valence electrons. The molecule has 2 aromatic carbocycles. The summed E-state index contributed by atoms with van der Waals surface area (Å²) < 4.78 is 0. The van der Waals surface area contributed by atoms with Gasteiger partial charge in [-0.15, -0.1) is 0 Å². The van der Waals surface area contributed by atoms with Crippen molar-refractivity contribution in [3.05, 3.63) is 71.0 Å². The molecule has 1 atom stereocenters. The number of aromatic carboxylic acids is 1. The number of fused-ring (bicyclic) bond motifs is 1. The third-order valence-corrected chi connectivity index (χ3v) is 6.55. The number of amides is 2. The van der Waals surface area contributed by atoms with Crippen LogP contribution in [-0.4, -0.2) is 73.5 Å². The zero-order valence-electron chi connectivity index (χ0n) is 23.5. The molecule has 0 spiro atoms. The van der Waals surface area contributed by atoms with Crippen molar-refractivity contribution < 1.29 is 29.4 Å². The highest BCUT2D eigenvalue weighted by Crippen LogP contribution is 2.19. The molecule has 10 N–H and O–H groups in total. The molecule has 0 fully saturated rings. The summed E-state index contributed by atoms with van der Waals surface area (Å²) in [6.07, 6.45) is 1.77. The van der Waals surface area contributed by atoms with Crippen LogP contribution in [0.4, 0.5) is 23.1 Å². The summed E-state index contributed by atoms with van der Waals surface area (Å²) in [4.78, 5) is 66.9. The number of hydrogen-bond acceptors (Lipinski definition) is 12. The van der Waals surface area contributed by atoms with E-state index in [4.69, 9.17) is 17.2 Å². The Morgan fingerprint density at radius 2 is 1.66 bits per heavy atom. The summed E-state index contributed by atoms with van der Waals surface area (Å²) in [6.45, 7) is 0.407. The normalized spacial score (nSPS) is 11.5. The molecule has 0 saturated carbocycles. The number of anilines is 4. The lowest BCUT2D eigenvalue weighted by Crippen LogP contribution is -2.41. The van der Waals surface area contributed by atoms with Crippen molar-refractivity contribution in [1.29, 1.82) is 0 Å². The van der Waals surface area contributed by atoms with E-state index < -0.39 is 29.8 Å². The summed E-state index contributed by atoms with van der Waals surface area (Å²) in [7, 11) is 1.82. The van der Waals surface area contributed by atoms with Gasteiger partial charge in [0, 0.05) is 30.5 Å². The van der Waals surface area contributed by atoms with Crippen LogP contribution in [0.1, 0.15) is 49.6 Å². The third kappa shape index (κ3) is 7.41. The standard InChI is InChI=1S/C28H30N10O6/c1-38(13-16-12-33-23-21(34-16)22(30)36-28(31)37-23)17-7-4-14(5-8-17)24(39)35-20(27(43)44)3-2-10-32-25(40)18-9-6-15(29)11-19(18)26(41)42/h4-9,11-12,20H,2-3,10,13,29H2,1H3,(H,32,40)(H,35,39)(H,41,42)(H,43,44)(H4,30,31,33,36,37)/t20-/m0/s1. The maximum absolute atomic E-state index is 12.8. The van der Waals surface area contributed by atoms with Gasteiger partial charge in [0.05, 0.1) is 29.6 Å². The van der Waals surface area contributed by atoms with Crippen molar-refractivity contribution in [3.63, 3.8) is 0 Å². The number of aliphatic carboxylic acids is 1. The molecule has 2 amide bonds. The number of nitrogens with two attached hydrogens (primary N) is 3. The van der Waals surface area contributed by atoms with E-state index in [9.17, 15) is 29.4 Å². The molecule has 2 aromatic heterocycles. The second-order valence-electron chi connectivity index (χ2n) is 9.78. The van der Waals surface area contributed by atoms with Gasteiger partial charge in [0.1, 0.15) is 6.04 Å². The van der Waals surface area contributed by atoms with E-state index in [1.165, 1.54) is 18.2 Å². The lowest BCUT2D eigenvalue weighted by atomic mass is 10.1. The second kappa shape index (κ2) is 13.3. The van der Waals surface area contributed by atoms with E-state index in [0.717, 1.165) is 5.69 Å². The van der Waals surface area contributed by atoms with Gasteiger partial charge in [-0.3, -0.25) is 9.59 Å². The van der Waals surface area contributed by atoms with Gasteiger partial charge in [0.2, 0.25) is 5.95 Å². The summed E-state index contributed by atoms with van der Waals surface area (Å²) in [5.74, 6) is -3.64. The number of carboxylic acid groups (broad SMARTS) is 2. The Bertz CT molecular complexity index is 1730. The van der Waals surface area contributed by atoms with E-state index in [0.29, 0.717) is 17.8 Å². The Hall–Kier alpha value is -6.06. The van der Waals surface area contributed by atoms with Crippen LogP contribution in [0.2, 0.25) is 0 Å². The van der Waals surface area contributed by atoms with Crippen LogP contribution in [0, 0.1) is 0 Å². The van der Waals surface area contributed by atoms with Crippen LogP contribution in [0.5, 0.6) is 0 Å². The number of carboxylic acids is 2. The first-order valence-corrected chi connectivity index (χ1v) is 13.2. The van der Waals surface area contributed by atoms with Crippen molar-refractivity contribution in [2.45, 2.75) is 25.4 Å². The molecular formula is C28H30N10O6. The number of hydrogen-bond donors (Lipinski definition) is 7. The lowest BCUT2D eigenvalue weighted by molar-refractivity contribution is -0.139. The van der Waals surface area contributed by atoms with Crippen molar-refractivity contribution in [2.75, 3.05) is 35.7 Å². The maximum Gasteiger partial charge on any atom is 0.336 e. The van der Waals surface area contributed by atoms with E-state index in [1.807, 2.05) is 11.9 Å². The predicted molar refractivity (Wildman–Crippen MR) is 161 cm³/mol. The molecule has 4 aromatic rings. The minimum Gasteiger partial charge on any atom is -0.480 e. The van der Waals surface area contributed by atoms with Gasteiger partial charge in [0.25, 0.3) is 11.8 Å². The van der Waals surface area contributed by atoms with Gasteiger partial charge in [-0.2, -0.15) is 9.97 Å². The Balaban J connectivity index is 1.30. The van der Waals surface area contributed by atoms with Gasteiger partial charge >= 0.3 is 11.9 Å². The number of carbonyl (C=O) groups is 4. The average molecular weight is 603 g/mol. The highest BCUT2D eigenvalue weighted by Gasteiger charge is 2.21. The van der Waals surface area contributed by atoms with Crippen LogP contribution in [-0.2, 0) is 11.3 Å². The summed E-state index contributed by atoms with van der Waals surface area (Å²) in [5.41, 5.74) is 19.2. The molecule has 0 aliphatic rings. The van der Waals surface area contributed by atoms with E-state index in [2.05, 4.69) is 30.6 Å². The van der Waals surface area contributed by atoms with Crippen LogP contribution in [0.25, 0.3) is 11.2 Å². The van der Waals surface area contributed by atoms with Gasteiger partial charge in [0.15, 0.2) is 17.0 Å². The largest absolute Gasteiger partial charge is 0.480 e. The maximum atomic E-state index is 12.8. The fourth-order valence-electron chi connectivity index (χ4n) is 4.30. The van der Waals surface area contributed by atoms with E-state index in [1.54, 1.807) is 30.5 Å². The quantitative estimate of drug-likeness (QED) is 0.0877. The molecule has 0 saturated heterocycles. The summed E-state index contributed by atoms with van der Waals surface area (Å²) in [6, 6.07) is 9.21. The number of rotatable bonds is 12. The van der Waals surface area contributed by atoms with E-state index >= 15 is 0 Å². The first kappa shape index (κ1) is 30.9. The Morgan fingerprint density at radius 3 is 2.34 bits per heavy atom. The average Bonchev–Trinajstić information content (AvgIpc) is 2.98. The fourth-order valence-corrected chi connectivity index (χ4v) is 4.30. The van der Waals surface area contributed by atoms with Crippen molar-refractivity contribution in [1.82, 2.24) is 30.6 Å². The minimum absolute atomic E-state index is 0.00418. The minimum atomic E-state index is -1.30. The molecule has 0 unspecified atom stereocenters. The highest BCUT2D eigenvalue weighted by atomic mass is 16.4. The number of benzene rings is 2. The topological polar surface area (TPSA) is 266 Å². The number of nitrogens with zero attached hydrogens (tertiary/aromatic N) is 5. The SMILES string of the molecule is CN(Cc1cnc2nc(N)nc(N)c2n1)c1ccc(C(=O)N[C@@H](CCCNC(=O)c2ccc(N)cc2C(=O)O)C(=O)O)cc1. The molecule has 16 nitrogen and oxygen atoms in total. The van der Waals surface area contributed by atoms with E-state index in [-0.39, 0.29) is 59.2 Å². The van der Waals surface area contributed by atoms with Crippen LogP contribution in [0.3, 0.4) is 0 Å². The van der Waals surface area contributed by atoms with Gasteiger partial charge in [-0.1, -0.05) is 0 Å². The molecule has 0 aliphatic heterocycles. The molecule has 16 heteroatoms. The molecule has 0 radical (unpaired) electrons. The number of carbonyl (C=O) groups excluding carboxylic acids is 2. The molecule has 44 heavy (non-hydrogen) atoms. The molecule has 4 rings (SSSR count). The van der Waals surface area contributed by atoms with Crippen molar-refractivity contribution in [2.24, 2.45) is 0 Å². The molecule has 0 aliphatic carbocycles. The monoisotopic (exact) mass is 602 g/mol. The van der Waals surface area contributed by atoms with Crippen LogP contribution >= 0.6 is 0 Å². The zero-order chi connectivity index (χ0) is 32.0. The fraction of sp³-hybridized carbons (Fsp3) is 0.214. The lowest BCUT2D eigenvalue weighted by Gasteiger charge is -2.19. The number of nitrogen functional groups attached to an aromatic ring is 3. The number of aromatic nitrogens is 4. The third-order valence-electron chi connectivity index (χ3n) is 6.55. The zero-order valence-corrected chi connectivity index (χ0v) is 23.5. The highest BCUT2D eigenvalue weighted by molar-refractivity contribution is 6.05. The smallest absolute Gasteiger partial charge is 0.336 e. The molecular weight excluding hydrogens is 572 g/mol. The Kier molecular flexibility index (Phi) is 9.32. The first-order valence-electron chi connectivity index (χ1n) is 13.2. The summed E-state index contributed by atoms with van der Waals surface area (Å²) in [5, 5.41) is 24.0. The van der Waals surface area contributed by atoms with Gasteiger partial charge < -0.3 is 42.9 Å². The molecule has 2 heterocycles. The van der Waals surface area contributed by atoms with Crippen LogP contribution < -0.4 is 32.7 Å². The molecule has 0 bridgehead atoms. The predicted octanol–water partition coefficient (Wildman–Crippen LogP) is 0.894. The van der Waals surface area contributed by atoms with Crippen molar-refractivity contribution >= 4 is 58.1 Å². The van der Waals surface area contributed by atoms with Crippen molar-refractivity contribution in [3.8, 4) is 0 Å². The Labute approximate surface area is 250 Å². The number of nitrogens with one attached hydrogen (secondary N) is 2.